The van der Waals surface area contributed by atoms with Crippen molar-refractivity contribution in [2.45, 2.75) is 13.3 Å². The summed E-state index contributed by atoms with van der Waals surface area (Å²) in [6.45, 7) is 2.84. The third kappa shape index (κ3) is 2.81. The monoisotopic (exact) mass is 336 g/mol. The number of anilines is 4. The Bertz CT molecular complexity index is 894. The van der Waals surface area contributed by atoms with Gasteiger partial charge >= 0.3 is 0 Å². The van der Waals surface area contributed by atoms with E-state index in [4.69, 9.17) is 11.6 Å². The minimum atomic E-state index is 0.668. The predicted octanol–water partition coefficient (Wildman–Crippen LogP) is 4.88. The quantitative estimate of drug-likeness (QED) is 0.740. The van der Waals surface area contributed by atoms with Gasteiger partial charge in [0.1, 0.15) is 17.5 Å². The van der Waals surface area contributed by atoms with Crippen LogP contribution >= 0.6 is 11.6 Å². The summed E-state index contributed by atoms with van der Waals surface area (Å²) in [5.41, 5.74) is 3.42. The molecule has 0 atom stereocenters. The number of nitrogens with zero attached hydrogens (tertiary/aromatic N) is 3. The Morgan fingerprint density at radius 2 is 1.83 bits per heavy atom. The number of nitrogens with one attached hydrogen (secondary N) is 1. The van der Waals surface area contributed by atoms with E-state index in [0.29, 0.717) is 5.02 Å². The Kier molecular flexibility index (Phi) is 3.82. The molecule has 1 aliphatic heterocycles. The van der Waals surface area contributed by atoms with Gasteiger partial charge in [-0.2, -0.15) is 0 Å². The third-order valence-corrected chi connectivity index (χ3v) is 4.45. The van der Waals surface area contributed by atoms with Gasteiger partial charge in [0, 0.05) is 18.3 Å². The lowest BCUT2D eigenvalue weighted by Crippen LogP contribution is -2.16. The van der Waals surface area contributed by atoms with Crippen molar-refractivity contribution in [3.05, 3.63) is 71.0 Å². The maximum absolute atomic E-state index is 6.23. The molecule has 0 saturated carbocycles. The molecule has 1 aromatic heterocycles. The zero-order chi connectivity index (χ0) is 16.5. The average molecular weight is 337 g/mol. The first-order chi connectivity index (χ1) is 11.7. The zero-order valence-electron chi connectivity index (χ0n) is 13.3. The molecule has 0 unspecified atom stereocenters. The largest absolute Gasteiger partial charge is 0.339 e. The number of halogens is 1. The molecular weight excluding hydrogens is 320 g/mol. The van der Waals surface area contributed by atoms with Gasteiger partial charge in [-0.15, -0.1) is 0 Å². The van der Waals surface area contributed by atoms with E-state index in [1.165, 1.54) is 11.3 Å². The summed E-state index contributed by atoms with van der Waals surface area (Å²) in [5.74, 6) is 2.38. The number of fused-ring (bicyclic) bond motifs is 1. The molecule has 4 rings (SSSR count). The SMILES string of the molecule is Cc1nc(Nc2ccccc2Cl)cc(N2CCc3ccccc32)n1. The molecule has 5 heteroatoms. The van der Waals surface area contributed by atoms with Crippen molar-refractivity contribution in [1.29, 1.82) is 0 Å². The van der Waals surface area contributed by atoms with Crippen LogP contribution in [0.15, 0.2) is 54.6 Å². The molecule has 0 radical (unpaired) electrons. The van der Waals surface area contributed by atoms with Gasteiger partial charge in [0.15, 0.2) is 0 Å². The Balaban J connectivity index is 1.69. The highest BCUT2D eigenvalue weighted by Crippen LogP contribution is 2.34. The second kappa shape index (κ2) is 6.13. The summed E-state index contributed by atoms with van der Waals surface area (Å²) < 4.78 is 0. The predicted molar refractivity (Wildman–Crippen MR) is 98.7 cm³/mol. The molecule has 2 aromatic carbocycles. The first-order valence-electron chi connectivity index (χ1n) is 7.93. The Morgan fingerprint density at radius 3 is 2.71 bits per heavy atom. The molecule has 120 valence electrons. The molecule has 24 heavy (non-hydrogen) atoms. The van der Waals surface area contributed by atoms with Crippen molar-refractivity contribution in [2.24, 2.45) is 0 Å². The van der Waals surface area contributed by atoms with E-state index in [9.17, 15) is 0 Å². The van der Waals surface area contributed by atoms with Crippen molar-refractivity contribution in [3.8, 4) is 0 Å². The van der Waals surface area contributed by atoms with E-state index in [1.807, 2.05) is 37.3 Å². The van der Waals surface area contributed by atoms with Crippen LogP contribution < -0.4 is 10.2 Å². The molecule has 3 aromatic rings. The lowest BCUT2D eigenvalue weighted by molar-refractivity contribution is 0.947. The van der Waals surface area contributed by atoms with E-state index in [2.05, 4.69) is 44.5 Å². The summed E-state index contributed by atoms with van der Waals surface area (Å²) in [5, 5.41) is 3.96. The fourth-order valence-corrected chi connectivity index (χ4v) is 3.21. The topological polar surface area (TPSA) is 41.1 Å². The van der Waals surface area contributed by atoms with Gasteiger partial charge in [-0.25, -0.2) is 9.97 Å². The van der Waals surface area contributed by atoms with Crippen LogP contribution in [0.25, 0.3) is 0 Å². The van der Waals surface area contributed by atoms with E-state index >= 15 is 0 Å². The van der Waals surface area contributed by atoms with Gasteiger partial charge in [0.25, 0.3) is 0 Å². The van der Waals surface area contributed by atoms with Gasteiger partial charge in [-0.05, 0) is 37.1 Å². The van der Waals surface area contributed by atoms with Crippen molar-refractivity contribution in [1.82, 2.24) is 9.97 Å². The van der Waals surface area contributed by atoms with Crippen LogP contribution in [0.3, 0.4) is 0 Å². The number of para-hydroxylation sites is 2. The zero-order valence-corrected chi connectivity index (χ0v) is 14.1. The third-order valence-electron chi connectivity index (χ3n) is 4.12. The Morgan fingerprint density at radius 1 is 1.04 bits per heavy atom. The molecule has 0 aliphatic carbocycles. The van der Waals surface area contributed by atoms with Crippen LogP contribution in [0.5, 0.6) is 0 Å². The highest BCUT2D eigenvalue weighted by Gasteiger charge is 2.21. The van der Waals surface area contributed by atoms with Crippen LogP contribution in [0.2, 0.25) is 5.02 Å². The number of aromatic nitrogens is 2. The molecule has 2 heterocycles. The number of hydrogen-bond donors (Lipinski definition) is 1. The van der Waals surface area contributed by atoms with Crippen LogP contribution in [0, 0.1) is 6.92 Å². The van der Waals surface area contributed by atoms with Crippen LogP contribution in [0.1, 0.15) is 11.4 Å². The minimum Gasteiger partial charge on any atom is -0.339 e. The van der Waals surface area contributed by atoms with Gasteiger partial charge < -0.3 is 10.2 Å². The highest BCUT2D eigenvalue weighted by molar-refractivity contribution is 6.33. The van der Waals surface area contributed by atoms with Gasteiger partial charge in [0.2, 0.25) is 0 Å². The molecule has 0 bridgehead atoms. The minimum absolute atomic E-state index is 0.668. The van der Waals surface area contributed by atoms with Crippen LogP contribution in [-0.4, -0.2) is 16.5 Å². The summed E-state index contributed by atoms with van der Waals surface area (Å²) in [7, 11) is 0. The Labute approximate surface area is 146 Å². The van der Waals surface area contributed by atoms with Crippen molar-refractivity contribution >= 4 is 34.6 Å². The molecule has 4 nitrogen and oxygen atoms in total. The summed E-state index contributed by atoms with van der Waals surface area (Å²) in [4.78, 5) is 11.3. The maximum Gasteiger partial charge on any atom is 0.138 e. The lowest BCUT2D eigenvalue weighted by Gasteiger charge is -2.19. The molecule has 0 amide bonds. The fourth-order valence-electron chi connectivity index (χ4n) is 3.03. The van der Waals surface area contributed by atoms with Crippen LogP contribution in [0.4, 0.5) is 23.0 Å². The van der Waals surface area contributed by atoms with Gasteiger partial charge in [-0.3, -0.25) is 0 Å². The highest BCUT2D eigenvalue weighted by atomic mass is 35.5. The van der Waals surface area contributed by atoms with Crippen molar-refractivity contribution < 1.29 is 0 Å². The lowest BCUT2D eigenvalue weighted by atomic mass is 10.2. The van der Waals surface area contributed by atoms with Gasteiger partial charge in [0.05, 0.1) is 10.7 Å². The normalized spacial score (nSPS) is 13.0. The summed E-state index contributed by atoms with van der Waals surface area (Å²) >= 11 is 6.23. The van der Waals surface area contributed by atoms with Crippen LogP contribution in [-0.2, 0) is 6.42 Å². The molecule has 0 fully saturated rings. The Hall–Kier alpha value is -2.59. The molecule has 1 N–H and O–H groups in total. The van der Waals surface area contributed by atoms with E-state index in [-0.39, 0.29) is 0 Å². The van der Waals surface area contributed by atoms with E-state index in [0.717, 1.165) is 36.1 Å². The second-order valence-corrected chi connectivity index (χ2v) is 6.20. The molecular formula is C19H17ClN4. The fraction of sp³-hybridized carbons (Fsp3) is 0.158. The number of benzene rings is 2. The van der Waals surface area contributed by atoms with Gasteiger partial charge in [-0.1, -0.05) is 41.9 Å². The molecule has 1 aliphatic rings. The van der Waals surface area contributed by atoms with Crippen molar-refractivity contribution in [3.63, 3.8) is 0 Å². The average Bonchev–Trinajstić information content (AvgIpc) is 3.01. The molecule has 0 saturated heterocycles. The standard InChI is InChI=1S/C19H17ClN4/c1-13-21-18(23-16-8-4-3-7-15(16)20)12-19(22-13)24-11-10-14-6-2-5-9-17(14)24/h2-9,12H,10-11H2,1H3,(H,21,22,23). The number of aryl methyl sites for hydroxylation is 1. The summed E-state index contributed by atoms with van der Waals surface area (Å²) in [6, 6.07) is 18.1. The molecule has 0 spiro atoms. The first kappa shape index (κ1) is 15.0. The van der Waals surface area contributed by atoms with Crippen molar-refractivity contribution in [2.75, 3.05) is 16.8 Å². The van der Waals surface area contributed by atoms with E-state index in [1.54, 1.807) is 0 Å². The number of hydrogen-bond acceptors (Lipinski definition) is 4. The smallest absolute Gasteiger partial charge is 0.138 e. The number of rotatable bonds is 3. The first-order valence-corrected chi connectivity index (χ1v) is 8.31. The second-order valence-electron chi connectivity index (χ2n) is 5.79. The summed E-state index contributed by atoms with van der Waals surface area (Å²) in [6.07, 6.45) is 1.03. The maximum atomic E-state index is 6.23. The van der Waals surface area contributed by atoms with E-state index < -0.39 is 0 Å².